The highest BCUT2D eigenvalue weighted by Gasteiger charge is 2.23. The first-order chi connectivity index (χ1) is 13.0. The van der Waals surface area contributed by atoms with E-state index in [4.69, 9.17) is 4.42 Å². The van der Waals surface area contributed by atoms with Crippen LogP contribution in [-0.4, -0.2) is 62.6 Å². The molecule has 0 radical (unpaired) electrons. The van der Waals surface area contributed by atoms with Gasteiger partial charge in [0.1, 0.15) is 11.3 Å². The van der Waals surface area contributed by atoms with E-state index < -0.39 is 10.0 Å². The lowest BCUT2D eigenvalue weighted by atomic mass is 10.1. The molecular weight excluding hydrogens is 384 g/mol. The smallest absolute Gasteiger partial charge is 0.215 e. The van der Waals surface area contributed by atoms with E-state index in [0.717, 1.165) is 33.8 Å². The van der Waals surface area contributed by atoms with Crippen LogP contribution >= 0.6 is 11.8 Å². The highest BCUT2D eigenvalue weighted by molar-refractivity contribution is 7.99. The largest absolute Gasteiger partial charge is 0.459 e. The molecule has 1 aliphatic heterocycles. The van der Waals surface area contributed by atoms with Crippen molar-refractivity contribution >= 4 is 38.7 Å². The molecule has 1 aromatic carbocycles. The first-order valence-electron chi connectivity index (χ1n) is 8.98. The van der Waals surface area contributed by atoms with Crippen molar-refractivity contribution in [2.24, 2.45) is 4.99 Å². The van der Waals surface area contributed by atoms with E-state index in [2.05, 4.69) is 15.6 Å². The summed E-state index contributed by atoms with van der Waals surface area (Å²) in [6.45, 7) is 4.03. The molecule has 2 N–H and O–H groups in total. The molecule has 0 unspecified atom stereocenters. The maximum atomic E-state index is 12.4. The van der Waals surface area contributed by atoms with Crippen molar-refractivity contribution in [3.8, 4) is 0 Å². The monoisotopic (exact) mass is 410 g/mol. The molecule has 1 aromatic heterocycles. The summed E-state index contributed by atoms with van der Waals surface area (Å²) in [6, 6.07) is 7.92. The molecule has 7 nitrogen and oxygen atoms in total. The lowest BCUT2D eigenvalue weighted by Gasteiger charge is -2.25. The molecule has 0 spiro atoms. The van der Waals surface area contributed by atoms with Crippen LogP contribution in [-0.2, 0) is 16.6 Å². The molecule has 1 saturated heterocycles. The van der Waals surface area contributed by atoms with Gasteiger partial charge >= 0.3 is 0 Å². The van der Waals surface area contributed by atoms with Crippen molar-refractivity contribution in [2.75, 3.05) is 43.9 Å². The van der Waals surface area contributed by atoms with E-state index in [1.807, 2.05) is 31.2 Å². The molecule has 0 saturated carbocycles. The molecular formula is C18H26N4O3S2. The van der Waals surface area contributed by atoms with Crippen LogP contribution in [0.3, 0.4) is 0 Å². The number of furan rings is 1. The number of aryl methyl sites for hydroxylation is 1. The Kier molecular flexibility index (Phi) is 6.67. The molecule has 1 fully saturated rings. The second-order valence-corrected chi connectivity index (χ2v) is 9.64. The summed E-state index contributed by atoms with van der Waals surface area (Å²) in [7, 11) is -1.56. The van der Waals surface area contributed by atoms with Gasteiger partial charge in [-0.3, -0.25) is 4.99 Å². The van der Waals surface area contributed by atoms with Crippen LogP contribution in [0.2, 0.25) is 0 Å². The third kappa shape index (κ3) is 4.97. The number of thioether (sulfide) groups is 1. The molecule has 27 heavy (non-hydrogen) atoms. The summed E-state index contributed by atoms with van der Waals surface area (Å²) >= 11 is 1.79. The van der Waals surface area contributed by atoms with Crippen LogP contribution in [0.4, 0.5) is 0 Å². The first-order valence-corrected chi connectivity index (χ1v) is 11.7. The fourth-order valence-corrected chi connectivity index (χ4v) is 5.52. The quantitative estimate of drug-likeness (QED) is 0.558. The zero-order valence-corrected chi connectivity index (χ0v) is 17.3. The summed E-state index contributed by atoms with van der Waals surface area (Å²) in [5, 5.41) is 7.36. The van der Waals surface area contributed by atoms with Crippen molar-refractivity contribution in [2.45, 2.75) is 13.5 Å². The third-order valence-corrected chi connectivity index (χ3v) is 7.41. The molecule has 0 bridgehead atoms. The Morgan fingerprint density at radius 1 is 1.26 bits per heavy atom. The number of benzene rings is 1. The standard InChI is InChI=1S/C18H26N4O3S2/c1-14-15-5-3-4-6-16(15)25-17(14)13-21-18(19-2)20-7-12-27(23,24)22-8-10-26-11-9-22/h3-6H,7-13H2,1-2H3,(H2,19,20,21). The van der Waals surface area contributed by atoms with Crippen LogP contribution in [0.1, 0.15) is 11.3 Å². The summed E-state index contributed by atoms with van der Waals surface area (Å²) in [5.41, 5.74) is 1.96. The van der Waals surface area contributed by atoms with Crippen LogP contribution in [0.15, 0.2) is 33.7 Å². The molecule has 1 aliphatic rings. The minimum Gasteiger partial charge on any atom is -0.459 e. The number of guanidine groups is 1. The van der Waals surface area contributed by atoms with E-state index in [9.17, 15) is 8.42 Å². The Balaban J connectivity index is 1.51. The SMILES string of the molecule is CN=C(NCCS(=O)(=O)N1CCSCC1)NCc1oc2ccccc2c1C. The van der Waals surface area contributed by atoms with E-state index in [1.165, 1.54) is 0 Å². The second kappa shape index (κ2) is 8.99. The number of para-hydroxylation sites is 1. The van der Waals surface area contributed by atoms with Crippen LogP contribution in [0.25, 0.3) is 11.0 Å². The minimum atomic E-state index is -3.22. The summed E-state index contributed by atoms with van der Waals surface area (Å²) in [4.78, 5) is 4.16. The Bertz CT molecular complexity index is 902. The molecule has 148 valence electrons. The van der Waals surface area contributed by atoms with Gasteiger partial charge in [0, 0.05) is 49.1 Å². The number of nitrogens with zero attached hydrogens (tertiary/aromatic N) is 2. The van der Waals surface area contributed by atoms with Gasteiger partial charge in [-0.25, -0.2) is 12.7 Å². The van der Waals surface area contributed by atoms with Crippen molar-refractivity contribution < 1.29 is 12.8 Å². The Morgan fingerprint density at radius 3 is 2.70 bits per heavy atom. The third-order valence-electron chi connectivity index (χ3n) is 4.60. The van der Waals surface area contributed by atoms with E-state index in [-0.39, 0.29) is 5.75 Å². The molecule has 0 aliphatic carbocycles. The second-order valence-electron chi connectivity index (χ2n) is 6.33. The van der Waals surface area contributed by atoms with Crippen molar-refractivity contribution in [1.82, 2.24) is 14.9 Å². The van der Waals surface area contributed by atoms with Gasteiger partial charge in [-0.2, -0.15) is 11.8 Å². The predicted octanol–water partition coefficient (Wildman–Crippen LogP) is 1.78. The molecule has 2 aromatic rings. The van der Waals surface area contributed by atoms with E-state index in [1.54, 1.807) is 23.1 Å². The van der Waals surface area contributed by atoms with Crippen molar-refractivity contribution in [1.29, 1.82) is 0 Å². The maximum Gasteiger partial charge on any atom is 0.215 e. The minimum absolute atomic E-state index is 0.0576. The number of aliphatic imine (C=N–C) groups is 1. The van der Waals surface area contributed by atoms with Gasteiger partial charge in [0.2, 0.25) is 10.0 Å². The lowest BCUT2D eigenvalue weighted by molar-refractivity contribution is 0.443. The van der Waals surface area contributed by atoms with Crippen LogP contribution in [0.5, 0.6) is 0 Å². The fourth-order valence-electron chi connectivity index (χ4n) is 3.03. The van der Waals surface area contributed by atoms with E-state index in [0.29, 0.717) is 32.1 Å². The van der Waals surface area contributed by atoms with E-state index >= 15 is 0 Å². The van der Waals surface area contributed by atoms with Gasteiger partial charge in [-0.05, 0) is 13.0 Å². The Labute approximate surface area is 164 Å². The number of sulfonamides is 1. The lowest BCUT2D eigenvalue weighted by Crippen LogP contribution is -2.44. The zero-order chi connectivity index (χ0) is 19.3. The van der Waals surface area contributed by atoms with Gasteiger partial charge < -0.3 is 15.1 Å². The van der Waals surface area contributed by atoms with Gasteiger partial charge in [-0.1, -0.05) is 18.2 Å². The molecule has 2 heterocycles. The Morgan fingerprint density at radius 2 is 2.00 bits per heavy atom. The molecule has 9 heteroatoms. The maximum absolute atomic E-state index is 12.4. The predicted molar refractivity (Wildman–Crippen MR) is 112 cm³/mol. The highest BCUT2D eigenvalue weighted by atomic mass is 32.2. The normalized spacial score (nSPS) is 16.6. The van der Waals surface area contributed by atoms with Crippen LogP contribution < -0.4 is 10.6 Å². The summed E-state index contributed by atoms with van der Waals surface area (Å²) in [5.74, 6) is 3.19. The van der Waals surface area contributed by atoms with Crippen molar-refractivity contribution in [3.05, 3.63) is 35.6 Å². The number of nitrogens with one attached hydrogen (secondary N) is 2. The van der Waals surface area contributed by atoms with Gasteiger partial charge in [0.25, 0.3) is 0 Å². The number of hydrogen-bond donors (Lipinski definition) is 2. The van der Waals surface area contributed by atoms with Crippen molar-refractivity contribution in [3.63, 3.8) is 0 Å². The van der Waals surface area contributed by atoms with Gasteiger partial charge in [-0.15, -0.1) is 0 Å². The first kappa shape index (κ1) is 20.0. The zero-order valence-electron chi connectivity index (χ0n) is 15.7. The molecule has 0 atom stereocenters. The average molecular weight is 411 g/mol. The average Bonchev–Trinajstić information content (AvgIpc) is 3.01. The van der Waals surface area contributed by atoms with Crippen LogP contribution in [0, 0.1) is 6.92 Å². The highest BCUT2D eigenvalue weighted by Crippen LogP contribution is 2.24. The summed E-state index contributed by atoms with van der Waals surface area (Å²) < 4.78 is 32.2. The topological polar surface area (TPSA) is 86.9 Å². The Hall–Kier alpha value is -1.71. The van der Waals surface area contributed by atoms with Gasteiger partial charge in [0.05, 0.1) is 12.3 Å². The number of fused-ring (bicyclic) bond motifs is 1. The molecule has 0 amide bonds. The van der Waals surface area contributed by atoms with Gasteiger partial charge in [0.15, 0.2) is 5.96 Å². The molecule has 3 rings (SSSR count). The summed E-state index contributed by atoms with van der Waals surface area (Å²) in [6.07, 6.45) is 0. The number of hydrogen-bond acceptors (Lipinski definition) is 5. The number of rotatable bonds is 6. The fraction of sp³-hybridized carbons (Fsp3) is 0.500.